The van der Waals surface area contributed by atoms with Crippen LogP contribution in [0.25, 0.3) is 0 Å². The topological polar surface area (TPSA) is 46.2 Å². The molecule has 112 valence electrons. The minimum absolute atomic E-state index is 0.0885. The normalized spacial score (nSPS) is 12.9. The second kappa shape index (κ2) is 6.50. The number of nitrogens with one attached hydrogen (secondary N) is 1. The molecule has 0 aliphatic rings. The van der Waals surface area contributed by atoms with E-state index in [0.29, 0.717) is 5.69 Å². The van der Waals surface area contributed by atoms with E-state index in [9.17, 15) is 8.42 Å². The first-order chi connectivity index (χ1) is 9.95. The Morgan fingerprint density at radius 3 is 2.38 bits per heavy atom. The summed E-state index contributed by atoms with van der Waals surface area (Å²) in [4.78, 5) is 0.0885. The average molecular weight is 324 g/mol. The summed E-state index contributed by atoms with van der Waals surface area (Å²) in [6, 6.07) is 13.9. The maximum atomic E-state index is 12.5. The number of para-hydroxylation sites is 1. The summed E-state index contributed by atoms with van der Waals surface area (Å²) in [5, 5.41) is 0.214. The van der Waals surface area contributed by atoms with Crippen molar-refractivity contribution in [1.82, 2.24) is 0 Å². The van der Waals surface area contributed by atoms with Gasteiger partial charge in [0, 0.05) is 0 Å². The maximum absolute atomic E-state index is 12.5. The molecule has 0 bridgehead atoms. The van der Waals surface area contributed by atoms with Gasteiger partial charge in [0.2, 0.25) is 0 Å². The molecular formula is C16H18ClNO2S. The molecule has 3 nitrogen and oxygen atoms in total. The van der Waals surface area contributed by atoms with Gasteiger partial charge in [-0.3, -0.25) is 4.72 Å². The molecule has 1 unspecified atom stereocenters. The fourth-order valence-corrected chi connectivity index (χ4v) is 3.71. The van der Waals surface area contributed by atoms with Crippen LogP contribution in [0.1, 0.15) is 31.7 Å². The molecule has 5 heteroatoms. The van der Waals surface area contributed by atoms with Gasteiger partial charge in [-0.2, -0.15) is 0 Å². The summed E-state index contributed by atoms with van der Waals surface area (Å²) in [5.41, 5.74) is 1.59. The van der Waals surface area contributed by atoms with Crippen LogP contribution in [0, 0.1) is 0 Å². The second-order valence-electron chi connectivity index (χ2n) is 4.93. The van der Waals surface area contributed by atoms with Crippen molar-refractivity contribution in [1.29, 1.82) is 0 Å². The summed E-state index contributed by atoms with van der Waals surface area (Å²) in [6.07, 6.45) is 0.935. The SMILES string of the molecule is CCC(C)c1ccccc1NS(=O)(=O)c1ccccc1Cl. The highest BCUT2D eigenvalue weighted by atomic mass is 35.5. The smallest absolute Gasteiger partial charge is 0.263 e. The van der Waals surface area contributed by atoms with Crippen LogP contribution < -0.4 is 4.72 Å². The first-order valence-electron chi connectivity index (χ1n) is 6.82. The number of benzene rings is 2. The molecule has 0 radical (unpaired) electrons. The Labute approximate surface area is 131 Å². The van der Waals surface area contributed by atoms with Gasteiger partial charge in [-0.15, -0.1) is 0 Å². The van der Waals surface area contributed by atoms with Crippen LogP contribution >= 0.6 is 11.6 Å². The van der Waals surface area contributed by atoms with E-state index in [4.69, 9.17) is 11.6 Å². The Morgan fingerprint density at radius 2 is 1.71 bits per heavy atom. The van der Waals surface area contributed by atoms with E-state index in [1.165, 1.54) is 6.07 Å². The molecule has 0 aliphatic carbocycles. The van der Waals surface area contributed by atoms with E-state index in [1.807, 2.05) is 18.2 Å². The molecule has 0 aromatic heterocycles. The largest absolute Gasteiger partial charge is 0.279 e. The van der Waals surface area contributed by atoms with Gasteiger partial charge in [-0.1, -0.05) is 55.8 Å². The summed E-state index contributed by atoms with van der Waals surface area (Å²) < 4.78 is 27.6. The fraction of sp³-hybridized carbons (Fsp3) is 0.250. The zero-order valence-corrected chi connectivity index (χ0v) is 13.6. The van der Waals surface area contributed by atoms with Crippen LogP contribution in [0.3, 0.4) is 0 Å². The van der Waals surface area contributed by atoms with Gasteiger partial charge in [-0.25, -0.2) is 8.42 Å². The van der Waals surface area contributed by atoms with Crippen molar-refractivity contribution in [3.05, 3.63) is 59.1 Å². The number of sulfonamides is 1. The number of hydrogen-bond donors (Lipinski definition) is 1. The van der Waals surface area contributed by atoms with Gasteiger partial charge in [-0.05, 0) is 36.1 Å². The summed E-state index contributed by atoms with van der Waals surface area (Å²) in [5.74, 6) is 0.273. The van der Waals surface area contributed by atoms with Crippen LogP contribution in [0.15, 0.2) is 53.4 Å². The third-order valence-electron chi connectivity index (χ3n) is 3.47. The molecule has 0 spiro atoms. The molecule has 0 saturated carbocycles. The molecule has 0 saturated heterocycles. The highest BCUT2D eigenvalue weighted by Crippen LogP contribution is 2.29. The predicted molar refractivity (Wildman–Crippen MR) is 87.4 cm³/mol. The summed E-state index contributed by atoms with van der Waals surface area (Å²) in [7, 11) is -3.69. The summed E-state index contributed by atoms with van der Waals surface area (Å²) >= 11 is 5.99. The lowest BCUT2D eigenvalue weighted by molar-refractivity contribution is 0.601. The van der Waals surface area contributed by atoms with Crippen molar-refractivity contribution in [3.8, 4) is 0 Å². The van der Waals surface area contributed by atoms with Crippen LogP contribution in [-0.4, -0.2) is 8.42 Å². The number of halogens is 1. The van der Waals surface area contributed by atoms with Gasteiger partial charge < -0.3 is 0 Å². The van der Waals surface area contributed by atoms with E-state index >= 15 is 0 Å². The van der Waals surface area contributed by atoms with Gasteiger partial charge in [0.05, 0.1) is 10.7 Å². The molecule has 1 N–H and O–H groups in total. The number of rotatable bonds is 5. The number of hydrogen-bond acceptors (Lipinski definition) is 2. The minimum Gasteiger partial charge on any atom is -0.279 e. The lowest BCUT2D eigenvalue weighted by Gasteiger charge is -2.16. The van der Waals surface area contributed by atoms with Gasteiger partial charge in [0.25, 0.3) is 10.0 Å². The monoisotopic (exact) mass is 323 g/mol. The Balaban J connectivity index is 2.41. The molecule has 2 aromatic carbocycles. The molecule has 2 rings (SSSR count). The van der Waals surface area contributed by atoms with E-state index in [-0.39, 0.29) is 15.8 Å². The van der Waals surface area contributed by atoms with Gasteiger partial charge >= 0.3 is 0 Å². The third kappa shape index (κ3) is 3.57. The molecule has 0 heterocycles. The third-order valence-corrected chi connectivity index (χ3v) is 5.34. The highest BCUT2D eigenvalue weighted by molar-refractivity contribution is 7.92. The molecule has 0 fully saturated rings. The van der Waals surface area contributed by atoms with Gasteiger partial charge in [0.1, 0.15) is 4.90 Å². The van der Waals surface area contributed by atoms with E-state index < -0.39 is 10.0 Å². The van der Waals surface area contributed by atoms with Crippen molar-refractivity contribution in [2.75, 3.05) is 4.72 Å². The first kappa shape index (κ1) is 15.9. The van der Waals surface area contributed by atoms with Crippen LogP contribution in [-0.2, 0) is 10.0 Å². The standard InChI is InChI=1S/C16H18ClNO2S/c1-3-12(2)13-8-4-6-10-15(13)18-21(19,20)16-11-7-5-9-14(16)17/h4-12,18H,3H2,1-2H3. The molecule has 21 heavy (non-hydrogen) atoms. The molecule has 2 aromatic rings. The second-order valence-corrected chi connectivity index (χ2v) is 6.99. The molecule has 0 amide bonds. The zero-order chi connectivity index (χ0) is 15.5. The predicted octanol–water partition coefficient (Wildman–Crippen LogP) is 4.65. The first-order valence-corrected chi connectivity index (χ1v) is 8.68. The molecule has 1 atom stereocenters. The molecule has 0 aliphatic heterocycles. The van der Waals surface area contributed by atoms with Crippen molar-refractivity contribution < 1.29 is 8.42 Å². The van der Waals surface area contributed by atoms with Crippen LogP contribution in [0.2, 0.25) is 5.02 Å². The van der Waals surface area contributed by atoms with Crippen molar-refractivity contribution in [2.24, 2.45) is 0 Å². The Morgan fingerprint density at radius 1 is 1.10 bits per heavy atom. The van der Waals surface area contributed by atoms with Crippen molar-refractivity contribution >= 4 is 27.3 Å². The maximum Gasteiger partial charge on any atom is 0.263 e. The van der Waals surface area contributed by atoms with Crippen LogP contribution in [0.4, 0.5) is 5.69 Å². The minimum atomic E-state index is -3.69. The van der Waals surface area contributed by atoms with E-state index in [2.05, 4.69) is 18.6 Å². The average Bonchev–Trinajstić information content (AvgIpc) is 2.47. The highest BCUT2D eigenvalue weighted by Gasteiger charge is 2.19. The lowest BCUT2D eigenvalue weighted by atomic mass is 9.97. The quantitative estimate of drug-likeness (QED) is 0.870. The molecular weight excluding hydrogens is 306 g/mol. The van der Waals surface area contributed by atoms with Crippen molar-refractivity contribution in [2.45, 2.75) is 31.1 Å². The zero-order valence-electron chi connectivity index (χ0n) is 12.0. The van der Waals surface area contributed by atoms with Crippen molar-refractivity contribution in [3.63, 3.8) is 0 Å². The fourth-order valence-electron chi connectivity index (χ4n) is 2.10. The number of anilines is 1. The Kier molecular flexibility index (Phi) is 4.91. The Hall–Kier alpha value is -1.52. The van der Waals surface area contributed by atoms with Crippen LogP contribution in [0.5, 0.6) is 0 Å². The van der Waals surface area contributed by atoms with E-state index in [1.54, 1.807) is 24.3 Å². The summed E-state index contributed by atoms with van der Waals surface area (Å²) in [6.45, 7) is 4.15. The lowest BCUT2D eigenvalue weighted by Crippen LogP contribution is -2.15. The Bertz CT molecular complexity index is 729. The van der Waals surface area contributed by atoms with E-state index in [0.717, 1.165) is 12.0 Å². The van der Waals surface area contributed by atoms with Gasteiger partial charge in [0.15, 0.2) is 0 Å².